The molecule has 0 spiro atoms. The molecule has 162 valence electrons. The number of hydrogen-bond acceptors (Lipinski definition) is 8. The van der Waals surface area contributed by atoms with Crippen LogP contribution in [0.1, 0.15) is 10.6 Å². The van der Waals surface area contributed by atoms with Crippen molar-refractivity contribution in [1.82, 2.24) is 15.3 Å². The van der Waals surface area contributed by atoms with Crippen LogP contribution >= 0.6 is 0 Å². The molecule has 9 nitrogen and oxygen atoms in total. The zero-order valence-corrected chi connectivity index (χ0v) is 16.9. The molecule has 32 heavy (non-hydrogen) atoms. The number of carbonyl (C=O) groups excluding carboxylic acids is 1. The Hall–Kier alpha value is -4.34. The number of nitrogens with zero attached hydrogens (tertiary/aromatic N) is 2. The third-order valence-electron chi connectivity index (χ3n) is 4.77. The van der Waals surface area contributed by atoms with Gasteiger partial charge in [-0.2, -0.15) is 4.98 Å². The van der Waals surface area contributed by atoms with Crippen molar-refractivity contribution in [1.29, 1.82) is 0 Å². The monoisotopic (exact) mass is 435 g/mol. The summed E-state index contributed by atoms with van der Waals surface area (Å²) in [6.45, 7) is 0.983. The van der Waals surface area contributed by atoms with Gasteiger partial charge in [0, 0.05) is 29.9 Å². The fourth-order valence-electron chi connectivity index (χ4n) is 3.26. The van der Waals surface area contributed by atoms with Crippen molar-refractivity contribution in [2.45, 2.75) is 0 Å². The van der Waals surface area contributed by atoms with Crippen molar-refractivity contribution in [2.24, 2.45) is 0 Å². The summed E-state index contributed by atoms with van der Waals surface area (Å²) in [7, 11) is 1.52. The first-order valence-corrected chi connectivity index (χ1v) is 9.81. The van der Waals surface area contributed by atoms with E-state index in [-0.39, 0.29) is 23.4 Å². The number of anilines is 4. The largest absolute Gasteiger partial charge is 0.486 e. The van der Waals surface area contributed by atoms with Crippen molar-refractivity contribution in [3.63, 3.8) is 0 Å². The SMILES string of the molecule is CNC(=O)c1cc2cc(Nc3nc(Nc4ccc5c(c4)OCCO5)ncc3F)ccc2o1. The number of fused-ring (bicyclic) bond motifs is 2. The highest BCUT2D eigenvalue weighted by atomic mass is 19.1. The van der Waals surface area contributed by atoms with Crippen molar-refractivity contribution in [3.05, 3.63) is 60.2 Å². The fourth-order valence-corrected chi connectivity index (χ4v) is 3.26. The summed E-state index contributed by atoms with van der Waals surface area (Å²) in [4.78, 5) is 20.0. The number of nitrogens with one attached hydrogen (secondary N) is 3. The van der Waals surface area contributed by atoms with Crippen molar-refractivity contribution in [3.8, 4) is 11.5 Å². The minimum atomic E-state index is -0.615. The maximum Gasteiger partial charge on any atom is 0.286 e. The van der Waals surface area contributed by atoms with Crippen LogP contribution in [-0.4, -0.2) is 36.1 Å². The topological polar surface area (TPSA) is 111 Å². The number of rotatable bonds is 5. The average Bonchev–Trinajstić information content (AvgIpc) is 3.24. The molecule has 0 saturated carbocycles. The van der Waals surface area contributed by atoms with E-state index >= 15 is 0 Å². The molecule has 0 aliphatic carbocycles. The molecule has 2 aromatic carbocycles. The van der Waals surface area contributed by atoms with Gasteiger partial charge in [-0.3, -0.25) is 4.79 Å². The highest BCUT2D eigenvalue weighted by molar-refractivity contribution is 5.96. The zero-order valence-electron chi connectivity index (χ0n) is 16.9. The van der Waals surface area contributed by atoms with Gasteiger partial charge in [-0.15, -0.1) is 0 Å². The number of amides is 1. The van der Waals surface area contributed by atoms with Crippen LogP contribution in [0.5, 0.6) is 11.5 Å². The van der Waals surface area contributed by atoms with Crippen molar-refractivity contribution < 1.29 is 23.1 Å². The molecular formula is C22H18FN5O4. The Kier molecular flexibility index (Phi) is 4.94. The normalized spacial score (nSPS) is 12.4. The zero-order chi connectivity index (χ0) is 22.1. The van der Waals surface area contributed by atoms with E-state index in [2.05, 4.69) is 25.9 Å². The van der Waals surface area contributed by atoms with Crippen LogP contribution in [0.15, 0.2) is 53.1 Å². The van der Waals surface area contributed by atoms with Crippen LogP contribution in [0.3, 0.4) is 0 Å². The van der Waals surface area contributed by atoms with Gasteiger partial charge in [0.1, 0.15) is 18.8 Å². The Labute approximate surface area is 181 Å². The van der Waals surface area contributed by atoms with E-state index in [1.165, 1.54) is 7.05 Å². The van der Waals surface area contributed by atoms with Gasteiger partial charge in [0.15, 0.2) is 28.9 Å². The molecule has 4 aromatic rings. The number of halogens is 1. The number of benzene rings is 2. The summed E-state index contributed by atoms with van der Waals surface area (Å²) in [5, 5.41) is 9.18. The van der Waals surface area contributed by atoms with E-state index in [4.69, 9.17) is 13.9 Å². The summed E-state index contributed by atoms with van der Waals surface area (Å²) in [5.74, 6) is 0.734. The van der Waals surface area contributed by atoms with Gasteiger partial charge < -0.3 is 29.8 Å². The van der Waals surface area contributed by atoms with E-state index in [0.29, 0.717) is 47.1 Å². The van der Waals surface area contributed by atoms with Gasteiger partial charge in [-0.25, -0.2) is 9.37 Å². The fraction of sp³-hybridized carbons (Fsp3) is 0.136. The van der Waals surface area contributed by atoms with Gasteiger partial charge in [-0.05, 0) is 36.4 Å². The van der Waals surface area contributed by atoms with Crippen LogP contribution in [0.4, 0.5) is 27.5 Å². The summed E-state index contributed by atoms with van der Waals surface area (Å²) in [6.07, 6.45) is 1.08. The lowest BCUT2D eigenvalue weighted by molar-refractivity contribution is 0.0938. The van der Waals surface area contributed by atoms with Gasteiger partial charge in [0.05, 0.1) is 6.20 Å². The average molecular weight is 435 g/mol. The Balaban J connectivity index is 1.37. The van der Waals surface area contributed by atoms with E-state index in [9.17, 15) is 9.18 Å². The smallest absolute Gasteiger partial charge is 0.286 e. The molecule has 2 aromatic heterocycles. The lowest BCUT2D eigenvalue weighted by atomic mass is 10.2. The predicted octanol–water partition coefficient (Wildman–Crippen LogP) is 3.98. The molecule has 3 N–H and O–H groups in total. The van der Waals surface area contributed by atoms with E-state index < -0.39 is 5.82 Å². The second-order valence-corrected chi connectivity index (χ2v) is 6.94. The highest BCUT2D eigenvalue weighted by Gasteiger charge is 2.14. The molecule has 3 heterocycles. The predicted molar refractivity (Wildman–Crippen MR) is 116 cm³/mol. The van der Waals surface area contributed by atoms with E-state index in [1.54, 1.807) is 42.5 Å². The summed E-state index contributed by atoms with van der Waals surface area (Å²) in [6, 6.07) is 12.1. The van der Waals surface area contributed by atoms with E-state index in [1.807, 2.05) is 0 Å². The van der Waals surface area contributed by atoms with Gasteiger partial charge in [0.2, 0.25) is 5.95 Å². The molecule has 1 aliphatic heterocycles. The molecule has 5 rings (SSSR count). The van der Waals surface area contributed by atoms with Crippen LogP contribution < -0.4 is 25.4 Å². The molecule has 0 fully saturated rings. The van der Waals surface area contributed by atoms with Crippen LogP contribution in [0.25, 0.3) is 11.0 Å². The third kappa shape index (κ3) is 3.85. The maximum atomic E-state index is 14.4. The number of hydrogen-bond donors (Lipinski definition) is 3. The second-order valence-electron chi connectivity index (χ2n) is 6.94. The lowest BCUT2D eigenvalue weighted by Crippen LogP contribution is -2.16. The van der Waals surface area contributed by atoms with Crippen LogP contribution in [0.2, 0.25) is 0 Å². The number of ether oxygens (including phenoxy) is 2. The van der Waals surface area contributed by atoms with E-state index in [0.717, 1.165) is 6.20 Å². The van der Waals surface area contributed by atoms with Crippen molar-refractivity contribution >= 4 is 40.0 Å². The summed E-state index contributed by atoms with van der Waals surface area (Å²) >= 11 is 0. The molecule has 0 radical (unpaired) electrons. The number of aromatic nitrogens is 2. The molecule has 0 unspecified atom stereocenters. The molecular weight excluding hydrogens is 417 g/mol. The molecule has 10 heteroatoms. The summed E-state index contributed by atoms with van der Waals surface area (Å²) < 4.78 is 31.0. The molecule has 0 bridgehead atoms. The number of furan rings is 1. The first-order valence-electron chi connectivity index (χ1n) is 9.81. The Morgan fingerprint density at radius 1 is 1.00 bits per heavy atom. The molecule has 1 amide bonds. The minimum Gasteiger partial charge on any atom is -0.486 e. The standard InChI is InChI=1S/C22H18FN5O4/c1-24-21(29)19-9-12-8-13(2-4-16(12)32-19)26-20-15(23)11-25-22(28-20)27-14-3-5-17-18(10-14)31-7-6-30-17/h2-5,8-11H,6-7H2,1H3,(H,24,29)(H2,25,26,27,28). The van der Waals surface area contributed by atoms with Crippen LogP contribution in [-0.2, 0) is 0 Å². The first kappa shape index (κ1) is 19.6. The van der Waals surface area contributed by atoms with Gasteiger partial charge in [-0.1, -0.05) is 0 Å². The third-order valence-corrected chi connectivity index (χ3v) is 4.77. The molecule has 1 aliphatic rings. The highest BCUT2D eigenvalue weighted by Crippen LogP contribution is 2.33. The Morgan fingerprint density at radius 3 is 2.62 bits per heavy atom. The summed E-state index contributed by atoms with van der Waals surface area (Å²) in [5.41, 5.74) is 1.79. The number of carbonyl (C=O) groups is 1. The van der Waals surface area contributed by atoms with Crippen LogP contribution in [0, 0.1) is 5.82 Å². The molecule has 0 atom stereocenters. The lowest BCUT2D eigenvalue weighted by Gasteiger charge is -2.19. The van der Waals surface area contributed by atoms with Gasteiger partial charge >= 0.3 is 0 Å². The molecule has 0 saturated heterocycles. The first-order chi connectivity index (χ1) is 15.6. The van der Waals surface area contributed by atoms with Crippen molar-refractivity contribution in [2.75, 3.05) is 30.9 Å². The van der Waals surface area contributed by atoms with Gasteiger partial charge in [0.25, 0.3) is 5.91 Å². The Morgan fingerprint density at radius 2 is 1.78 bits per heavy atom. The second kappa shape index (κ2) is 8.06. The Bertz CT molecular complexity index is 1320. The quantitative estimate of drug-likeness (QED) is 0.432. The minimum absolute atomic E-state index is 0.00517. The maximum absolute atomic E-state index is 14.4.